The molecule has 2 aromatic rings. The normalized spacial score (nSPS) is 17.8. The number of carbonyl (C=O) groups excluding carboxylic acids is 1. The summed E-state index contributed by atoms with van der Waals surface area (Å²) in [5.74, 6) is 0.376. The third-order valence-corrected chi connectivity index (χ3v) is 4.14. The van der Waals surface area contributed by atoms with Gasteiger partial charge in [0.25, 0.3) is 5.91 Å². The molecule has 1 saturated heterocycles. The summed E-state index contributed by atoms with van der Waals surface area (Å²) < 4.78 is 1.68. The van der Waals surface area contributed by atoms with E-state index in [-0.39, 0.29) is 5.91 Å². The van der Waals surface area contributed by atoms with Crippen LogP contribution in [0.1, 0.15) is 46.6 Å². The van der Waals surface area contributed by atoms with Crippen LogP contribution in [-0.2, 0) is 20.0 Å². The summed E-state index contributed by atoms with van der Waals surface area (Å²) in [5, 5.41) is 17.9. The van der Waals surface area contributed by atoms with Crippen LogP contribution in [0, 0.1) is 0 Å². The highest BCUT2D eigenvalue weighted by atomic mass is 16.1. The van der Waals surface area contributed by atoms with Gasteiger partial charge in [0.15, 0.2) is 0 Å². The summed E-state index contributed by atoms with van der Waals surface area (Å²) in [5.41, 5.74) is 3.67. The maximum absolute atomic E-state index is 12.4. The Hall–Kier alpha value is -2.15. The minimum absolute atomic E-state index is 0.0818. The molecule has 0 saturated carbocycles. The van der Waals surface area contributed by atoms with Crippen LogP contribution in [0.4, 0.5) is 0 Å². The molecule has 22 heavy (non-hydrogen) atoms. The van der Waals surface area contributed by atoms with Crippen LogP contribution in [-0.4, -0.2) is 39.0 Å². The fourth-order valence-electron chi connectivity index (χ4n) is 2.97. The Labute approximate surface area is 129 Å². The fourth-order valence-corrected chi connectivity index (χ4v) is 2.97. The highest BCUT2D eigenvalue weighted by molar-refractivity contribution is 5.95. The summed E-state index contributed by atoms with van der Waals surface area (Å²) in [6.07, 6.45) is 5.42. The Balaban J connectivity index is 1.67. The van der Waals surface area contributed by atoms with E-state index in [1.165, 1.54) is 0 Å². The van der Waals surface area contributed by atoms with E-state index in [1.54, 1.807) is 17.1 Å². The van der Waals surface area contributed by atoms with Gasteiger partial charge >= 0.3 is 0 Å². The quantitative estimate of drug-likeness (QED) is 0.759. The number of aromatic nitrogens is 4. The summed E-state index contributed by atoms with van der Waals surface area (Å²) in [6.45, 7) is 4.48. The number of H-pyrrole nitrogens is 1. The molecular formula is C15H22N6O. The van der Waals surface area contributed by atoms with Crippen molar-refractivity contribution in [3.05, 3.63) is 34.9 Å². The van der Waals surface area contributed by atoms with Crippen LogP contribution in [0.15, 0.2) is 12.4 Å². The summed E-state index contributed by atoms with van der Waals surface area (Å²) in [6, 6.07) is 0. The molecule has 118 valence electrons. The highest BCUT2D eigenvalue weighted by Crippen LogP contribution is 2.23. The molecule has 0 aliphatic carbocycles. The maximum Gasteiger partial charge on any atom is 0.255 e. The fraction of sp³-hybridized carbons (Fsp3) is 0.533. The number of hydrogen-bond acceptors (Lipinski definition) is 4. The molecule has 1 aliphatic rings. The van der Waals surface area contributed by atoms with Gasteiger partial charge in [0.2, 0.25) is 0 Å². The smallest absolute Gasteiger partial charge is 0.255 e. The predicted molar refractivity (Wildman–Crippen MR) is 82.6 cm³/mol. The van der Waals surface area contributed by atoms with E-state index < -0.39 is 0 Å². The van der Waals surface area contributed by atoms with E-state index in [2.05, 4.69) is 25.9 Å². The monoisotopic (exact) mass is 302 g/mol. The molecule has 3 rings (SSSR count). The van der Waals surface area contributed by atoms with Gasteiger partial charge in [-0.2, -0.15) is 10.2 Å². The first-order valence-electron chi connectivity index (χ1n) is 7.72. The minimum atomic E-state index is -0.0818. The Bertz CT molecular complexity index is 653. The van der Waals surface area contributed by atoms with E-state index >= 15 is 0 Å². The summed E-state index contributed by atoms with van der Waals surface area (Å²) in [4.78, 5) is 12.4. The van der Waals surface area contributed by atoms with Crippen molar-refractivity contribution in [2.75, 3.05) is 13.1 Å². The molecule has 0 aromatic carbocycles. The van der Waals surface area contributed by atoms with Crippen LogP contribution in [0.2, 0.25) is 0 Å². The molecule has 3 heterocycles. The summed E-state index contributed by atoms with van der Waals surface area (Å²) in [7, 11) is 1.83. The number of aromatic amines is 1. The van der Waals surface area contributed by atoms with Crippen molar-refractivity contribution in [1.29, 1.82) is 0 Å². The van der Waals surface area contributed by atoms with Crippen molar-refractivity contribution in [1.82, 2.24) is 30.6 Å². The number of nitrogens with one attached hydrogen (secondary N) is 3. The van der Waals surface area contributed by atoms with Crippen molar-refractivity contribution < 1.29 is 4.79 Å². The SMILES string of the molecule is CCc1nn(C)cc1C(=O)NCc1cn[nH]c1C1CCNC1. The van der Waals surface area contributed by atoms with Gasteiger partial charge in [-0.25, -0.2) is 0 Å². The molecule has 0 spiro atoms. The molecule has 1 unspecified atom stereocenters. The molecule has 7 nitrogen and oxygen atoms in total. The van der Waals surface area contributed by atoms with Gasteiger partial charge in [-0.1, -0.05) is 6.92 Å². The lowest BCUT2D eigenvalue weighted by Gasteiger charge is -2.10. The average Bonchev–Trinajstić information content (AvgIpc) is 3.23. The Morgan fingerprint density at radius 3 is 3.14 bits per heavy atom. The van der Waals surface area contributed by atoms with Crippen LogP contribution in [0.5, 0.6) is 0 Å². The first-order chi connectivity index (χ1) is 10.7. The lowest BCUT2D eigenvalue weighted by molar-refractivity contribution is 0.0950. The van der Waals surface area contributed by atoms with E-state index in [0.29, 0.717) is 18.0 Å². The molecule has 3 N–H and O–H groups in total. The molecule has 7 heteroatoms. The van der Waals surface area contributed by atoms with Crippen LogP contribution >= 0.6 is 0 Å². The van der Waals surface area contributed by atoms with E-state index in [0.717, 1.165) is 42.9 Å². The second-order valence-electron chi connectivity index (χ2n) is 5.70. The van der Waals surface area contributed by atoms with E-state index in [1.807, 2.05) is 14.0 Å². The predicted octanol–water partition coefficient (Wildman–Crippen LogP) is 0.713. The van der Waals surface area contributed by atoms with Gasteiger partial charge in [-0.15, -0.1) is 0 Å². The largest absolute Gasteiger partial charge is 0.348 e. The molecule has 2 aromatic heterocycles. The lowest BCUT2D eigenvalue weighted by atomic mass is 10.0. The number of rotatable bonds is 5. The highest BCUT2D eigenvalue weighted by Gasteiger charge is 2.22. The number of hydrogen-bond donors (Lipinski definition) is 3. The molecule has 1 aliphatic heterocycles. The Morgan fingerprint density at radius 2 is 2.41 bits per heavy atom. The Morgan fingerprint density at radius 1 is 1.55 bits per heavy atom. The van der Waals surface area contributed by atoms with Crippen LogP contribution in [0.3, 0.4) is 0 Å². The Kier molecular flexibility index (Phi) is 4.24. The average molecular weight is 302 g/mol. The third-order valence-electron chi connectivity index (χ3n) is 4.14. The van der Waals surface area contributed by atoms with Gasteiger partial charge < -0.3 is 10.6 Å². The van der Waals surface area contributed by atoms with Gasteiger partial charge in [0.1, 0.15) is 0 Å². The van der Waals surface area contributed by atoms with E-state index in [4.69, 9.17) is 0 Å². The molecule has 0 bridgehead atoms. The van der Waals surface area contributed by atoms with Crippen molar-refractivity contribution in [3.63, 3.8) is 0 Å². The zero-order chi connectivity index (χ0) is 15.5. The van der Waals surface area contributed by atoms with Gasteiger partial charge in [-0.05, 0) is 19.4 Å². The van der Waals surface area contributed by atoms with Gasteiger partial charge in [-0.3, -0.25) is 14.6 Å². The van der Waals surface area contributed by atoms with Gasteiger partial charge in [0.05, 0.1) is 17.5 Å². The second kappa shape index (κ2) is 6.31. The first kappa shape index (κ1) is 14.8. The minimum Gasteiger partial charge on any atom is -0.348 e. The van der Waals surface area contributed by atoms with Crippen molar-refractivity contribution in [3.8, 4) is 0 Å². The number of nitrogens with zero attached hydrogens (tertiary/aromatic N) is 3. The topological polar surface area (TPSA) is 87.6 Å². The zero-order valence-electron chi connectivity index (χ0n) is 13.0. The zero-order valence-corrected chi connectivity index (χ0v) is 13.0. The second-order valence-corrected chi connectivity index (χ2v) is 5.70. The molecule has 0 radical (unpaired) electrons. The van der Waals surface area contributed by atoms with Crippen molar-refractivity contribution in [2.45, 2.75) is 32.2 Å². The van der Waals surface area contributed by atoms with Crippen molar-refractivity contribution >= 4 is 5.91 Å². The van der Waals surface area contributed by atoms with E-state index in [9.17, 15) is 4.79 Å². The number of aryl methyl sites for hydroxylation is 2. The number of carbonyl (C=O) groups is 1. The molecule has 1 amide bonds. The first-order valence-corrected chi connectivity index (χ1v) is 7.72. The molecule has 1 atom stereocenters. The number of amides is 1. The molecular weight excluding hydrogens is 280 g/mol. The molecule has 1 fully saturated rings. The summed E-state index contributed by atoms with van der Waals surface area (Å²) >= 11 is 0. The van der Waals surface area contributed by atoms with Crippen LogP contribution < -0.4 is 10.6 Å². The lowest BCUT2D eigenvalue weighted by Crippen LogP contribution is -2.24. The third kappa shape index (κ3) is 2.89. The van der Waals surface area contributed by atoms with Gasteiger partial charge in [0, 0.05) is 43.5 Å². The maximum atomic E-state index is 12.4. The standard InChI is InChI=1S/C15H22N6O/c1-3-13-12(9-21(2)20-13)15(22)17-7-11-8-18-19-14(11)10-4-5-16-6-10/h8-10,16H,3-7H2,1-2H3,(H,17,22)(H,18,19). The van der Waals surface area contributed by atoms with Crippen LogP contribution in [0.25, 0.3) is 0 Å². The van der Waals surface area contributed by atoms with Crippen molar-refractivity contribution in [2.24, 2.45) is 7.05 Å².